The number of aliphatic imine (C=N–C) groups is 2. The summed E-state index contributed by atoms with van der Waals surface area (Å²) in [5.74, 6) is 1.51. The van der Waals surface area contributed by atoms with Crippen LogP contribution in [0, 0.1) is 0 Å². The number of benzene rings is 2. The first-order valence-corrected chi connectivity index (χ1v) is 10.5. The van der Waals surface area contributed by atoms with Crippen LogP contribution < -0.4 is 5.43 Å². The molecule has 0 fully saturated rings. The quantitative estimate of drug-likeness (QED) is 0.320. The van der Waals surface area contributed by atoms with Crippen molar-refractivity contribution in [2.75, 3.05) is 18.3 Å². The molecule has 0 radical (unpaired) electrons. The van der Waals surface area contributed by atoms with Crippen molar-refractivity contribution in [3.8, 4) is 0 Å². The van der Waals surface area contributed by atoms with E-state index in [0.717, 1.165) is 41.1 Å². The fourth-order valence-corrected chi connectivity index (χ4v) is 3.45. The summed E-state index contributed by atoms with van der Waals surface area (Å²) < 4.78 is 0. The van der Waals surface area contributed by atoms with Crippen LogP contribution in [0.5, 0.6) is 0 Å². The van der Waals surface area contributed by atoms with Crippen molar-refractivity contribution in [1.82, 2.24) is 5.43 Å². The monoisotopic (exact) mass is 454 g/mol. The van der Waals surface area contributed by atoms with E-state index in [2.05, 4.69) is 15.5 Å². The predicted octanol–water partition coefficient (Wildman–Crippen LogP) is 6.08. The van der Waals surface area contributed by atoms with Crippen LogP contribution in [-0.2, 0) is 0 Å². The lowest BCUT2D eigenvalue weighted by atomic mass is 10.0. The topological polar surface area (TPSA) is 49.1 Å². The molecule has 0 bridgehead atoms. The molecule has 0 spiro atoms. The molecular weight excluding hydrogens is 438 g/mol. The smallest absolute Gasteiger partial charge is 0.144 e. The summed E-state index contributed by atoms with van der Waals surface area (Å²) in [6, 6.07) is 13.1. The molecule has 0 amide bonds. The molecule has 1 N–H and O–H groups in total. The van der Waals surface area contributed by atoms with Gasteiger partial charge in [-0.2, -0.15) is 5.10 Å². The van der Waals surface area contributed by atoms with Gasteiger partial charge in [-0.3, -0.25) is 10.4 Å². The summed E-state index contributed by atoms with van der Waals surface area (Å²) in [6.07, 6.45) is 1.55. The van der Waals surface area contributed by atoms with E-state index in [1.807, 2.05) is 36.4 Å². The second kappa shape index (κ2) is 10.3. The summed E-state index contributed by atoms with van der Waals surface area (Å²) >= 11 is 24.3. The third-order valence-corrected chi connectivity index (χ3v) is 5.22. The second-order valence-corrected chi connectivity index (χ2v) is 7.57. The lowest BCUT2D eigenvalue weighted by Crippen LogP contribution is -2.23. The molecule has 0 aliphatic carbocycles. The Balaban J connectivity index is 1.96. The Labute approximate surface area is 184 Å². The molecule has 3 rings (SSSR count). The number of nitrogens with one attached hydrogen (secondary N) is 1. The Hall–Kier alpha value is -1.59. The molecule has 8 heteroatoms. The fraction of sp³-hybridized carbons (Fsp3) is 0.250. The van der Waals surface area contributed by atoms with Crippen molar-refractivity contribution in [2.24, 2.45) is 15.1 Å². The Morgan fingerprint density at radius 2 is 1.89 bits per heavy atom. The number of fused-ring (bicyclic) bond motifs is 1. The van der Waals surface area contributed by atoms with Crippen molar-refractivity contribution in [2.45, 2.75) is 12.8 Å². The normalized spacial score (nSPS) is 14.1. The van der Waals surface area contributed by atoms with Gasteiger partial charge in [-0.05, 0) is 37.1 Å². The van der Waals surface area contributed by atoms with Crippen LogP contribution in [0.2, 0.25) is 10.0 Å². The molecule has 0 unspecified atom stereocenters. The SMILES string of the molecule is ClCCCC(CCl)=NNC1=Nc2ccc(Cl)cc2C(c2ccccc2Cl)=NC1. The Bertz CT molecular complexity index is 938. The summed E-state index contributed by atoms with van der Waals surface area (Å²) in [4.78, 5) is 9.43. The molecule has 146 valence electrons. The number of hydrazone groups is 1. The maximum absolute atomic E-state index is 6.41. The van der Waals surface area contributed by atoms with Gasteiger partial charge < -0.3 is 0 Å². The fourth-order valence-electron chi connectivity index (χ4n) is 2.73. The van der Waals surface area contributed by atoms with Crippen LogP contribution in [0.4, 0.5) is 5.69 Å². The van der Waals surface area contributed by atoms with Gasteiger partial charge in [-0.25, -0.2) is 4.99 Å². The highest BCUT2D eigenvalue weighted by Crippen LogP contribution is 2.30. The predicted molar refractivity (Wildman–Crippen MR) is 122 cm³/mol. The lowest BCUT2D eigenvalue weighted by Gasteiger charge is -2.10. The number of rotatable bonds is 6. The first-order valence-electron chi connectivity index (χ1n) is 8.72. The molecule has 1 aliphatic rings. The van der Waals surface area contributed by atoms with Gasteiger partial charge in [0, 0.05) is 27.1 Å². The molecule has 0 atom stereocenters. The Morgan fingerprint density at radius 1 is 1.07 bits per heavy atom. The van der Waals surface area contributed by atoms with Crippen LogP contribution >= 0.6 is 46.4 Å². The zero-order valence-corrected chi connectivity index (χ0v) is 18.0. The molecule has 4 nitrogen and oxygen atoms in total. The van der Waals surface area contributed by atoms with Crippen LogP contribution in [0.1, 0.15) is 24.0 Å². The van der Waals surface area contributed by atoms with Crippen LogP contribution in [-0.4, -0.2) is 35.6 Å². The molecule has 2 aromatic carbocycles. The number of halogens is 4. The third-order valence-electron chi connectivity index (χ3n) is 4.08. The van der Waals surface area contributed by atoms with Gasteiger partial charge in [-0.1, -0.05) is 41.4 Å². The number of hydrogen-bond acceptors (Lipinski definition) is 4. The van der Waals surface area contributed by atoms with Crippen LogP contribution in [0.25, 0.3) is 0 Å². The maximum Gasteiger partial charge on any atom is 0.144 e. The van der Waals surface area contributed by atoms with Gasteiger partial charge in [0.1, 0.15) is 5.84 Å². The van der Waals surface area contributed by atoms with E-state index in [1.165, 1.54) is 0 Å². The van der Waals surface area contributed by atoms with E-state index < -0.39 is 0 Å². The Kier molecular flexibility index (Phi) is 7.74. The van der Waals surface area contributed by atoms with E-state index in [9.17, 15) is 0 Å². The van der Waals surface area contributed by atoms with E-state index in [1.54, 1.807) is 6.07 Å². The van der Waals surface area contributed by atoms with Gasteiger partial charge in [0.05, 0.1) is 29.5 Å². The average Bonchev–Trinajstić information content (AvgIpc) is 2.88. The molecular formula is C20H18Cl4N4. The zero-order valence-electron chi connectivity index (χ0n) is 14.9. The highest BCUT2D eigenvalue weighted by atomic mass is 35.5. The van der Waals surface area contributed by atoms with Gasteiger partial charge in [0.25, 0.3) is 0 Å². The van der Waals surface area contributed by atoms with Crippen LogP contribution in [0.15, 0.2) is 57.6 Å². The van der Waals surface area contributed by atoms with Gasteiger partial charge in [0.15, 0.2) is 0 Å². The third kappa shape index (κ3) is 5.26. The number of nitrogens with zero attached hydrogens (tertiary/aromatic N) is 3. The van der Waals surface area contributed by atoms with Crippen LogP contribution in [0.3, 0.4) is 0 Å². The van der Waals surface area contributed by atoms with Crippen molar-refractivity contribution in [3.63, 3.8) is 0 Å². The van der Waals surface area contributed by atoms with E-state index in [4.69, 9.17) is 51.4 Å². The highest BCUT2D eigenvalue weighted by Gasteiger charge is 2.18. The molecule has 0 aromatic heterocycles. The van der Waals surface area contributed by atoms with E-state index >= 15 is 0 Å². The Morgan fingerprint density at radius 3 is 2.64 bits per heavy atom. The molecule has 0 saturated heterocycles. The van der Waals surface area contributed by atoms with E-state index in [0.29, 0.717) is 34.2 Å². The minimum Gasteiger partial charge on any atom is -0.276 e. The van der Waals surface area contributed by atoms with E-state index in [-0.39, 0.29) is 0 Å². The lowest BCUT2D eigenvalue weighted by molar-refractivity contribution is 0.938. The zero-order chi connectivity index (χ0) is 19.9. The minimum absolute atomic E-state index is 0.321. The standard InChI is InChI=1S/C20H18Cl4N4/c21-9-3-4-14(11-22)27-28-19-12-25-20(15-5-1-2-6-17(15)24)16-10-13(23)7-8-18(16)26-19/h1-2,5-8,10H,3-4,9,11-12H2,(H,26,28). The van der Waals surface area contributed by atoms with Gasteiger partial charge in [-0.15, -0.1) is 23.2 Å². The van der Waals surface area contributed by atoms with Gasteiger partial charge >= 0.3 is 0 Å². The minimum atomic E-state index is 0.321. The largest absolute Gasteiger partial charge is 0.276 e. The maximum atomic E-state index is 6.41. The summed E-state index contributed by atoms with van der Waals surface area (Å²) in [7, 11) is 0. The molecule has 0 saturated carbocycles. The summed E-state index contributed by atoms with van der Waals surface area (Å²) in [5.41, 5.74) is 6.96. The second-order valence-electron chi connectivity index (χ2n) is 6.08. The average molecular weight is 456 g/mol. The molecule has 28 heavy (non-hydrogen) atoms. The summed E-state index contributed by atoms with van der Waals surface area (Å²) in [5, 5.41) is 5.60. The van der Waals surface area contributed by atoms with Crippen molar-refractivity contribution in [1.29, 1.82) is 0 Å². The summed E-state index contributed by atoms with van der Waals surface area (Å²) in [6.45, 7) is 0.321. The molecule has 1 heterocycles. The van der Waals surface area contributed by atoms with Crippen molar-refractivity contribution in [3.05, 3.63) is 63.6 Å². The van der Waals surface area contributed by atoms with Gasteiger partial charge in [0.2, 0.25) is 0 Å². The molecule has 1 aliphatic heterocycles. The van der Waals surface area contributed by atoms with Crippen molar-refractivity contribution < 1.29 is 0 Å². The molecule has 2 aromatic rings. The first-order chi connectivity index (χ1) is 13.6. The number of amidine groups is 1. The first kappa shape index (κ1) is 21.1. The number of hydrogen-bond donors (Lipinski definition) is 1. The van der Waals surface area contributed by atoms with Crippen molar-refractivity contribution >= 4 is 69.4 Å². The number of alkyl halides is 2. The highest BCUT2D eigenvalue weighted by molar-refractivity contribution is 6.36.